The summed E-state index contributed by atoms with van der Waals surface area (Å²) in [7, 11) is 0. The van der Waals surface area contributed by atoms with E-state index in [-0.39, 0.29) is 11.7 Å². The molecule has 1 saturated heterocycles. The summed E-state index contributed by atoms with van der Waals surface area (Å²) < 4.78 is 13.1. The quantitative estimate of drug-likeness (QED) is 0.459. The van der Waals surface area contributed by atoms with Crippen LogP contribution in [0.15, 0.2) is 53.7 Å². The van der Waals surface area contributed by atoms with E-state index in [2.05, 4.69) is 10.1 Å². The van der Waals surface area contributed by atoms with E-state index in [1.54, 1.807) is 18.3 Å². The fraction of sp³-hybridized carbons (Fsp3) is 0.333. The highest BCUT2D eigenvalue weighted by atomic mass is 19.1. The molecule has 0 radical (unpaired) electrons. The van der Waals surface area contributed by atoms with E-state index >= 15 is 0 Å². The number of benzene rings is 2. The van der Waals surface area contributed by atoms with Crippen LogP contribution in [0.25, 0.3) is 11.1 Å². The summed E-state index contributed by atoms with van der Waals surface area (Å²) in [6, 6.07) is 14.0. The summed E-state index contributed by atoms with van der Waals surface area (Å²) in [5.41, 5.74) is 2.74. The van der Waals surface area contributed by atoms with Crippen molar-refractivity contribution in [2.45, 2.75) is 12.8 Å². The van der Waals surface area contributed by atoms with E-state index in [0.717, 1.165) is 36.1 Å². The fourth-order valence-corrected chi connectivity index (χ4v) is 3.28. The van der Waals surface area contributed by atoms with Crippen molar-refractivity contribution >= 4 is 12.2 Å². The Hall–Kier alpha value is -2.73. The summed E-state index contributed by atoms with van der Waals surface area (Å²) in [5.74, 6) is -1.28. The highest BCUT2D eigenvalue weighted by molar-refractivity contribution is 5.90. The lowest BCUT2D eigenvalue weighted by Gasteiger charge is -2.29. The summed E-state index contributed by atoms with van der Waals surface area (Å²) in [6.45, 7) is 2.52. The van der Waals surface area contributed by atoms with Gasteiger partial charge in [-0.05, 0) is 42.6 Å². The van der Waals surface area contributed by atoms with Crippen LogP contribution in [0, 0.1) is 11.7 Å². The monoisotopic (exact) mass is 370 g/mol. The van der Waals surface area contributed by atoms with Gasteiger partial charge in [-0.15, -0.1) is 0 Å². The Kier molecular flexibility index (Phi) is 6.54. The predicted octanol–water partition coefficient (Wildman–Crippen LogP) is 3.64. The van der Waals surface area contributed by atoms with Crippen molar-refractivity contribution in [3.05, 3.63) is 59.9 Å². The Morgan fingerprint density at radius 2 is 2.04 bits per heavy atom. The molecule has 0 bridgehead atoms. The first-order valence-electron chi connectivity index (χ1n) is 9.09. The molecule has 142 valence electrons. The van der Waals surface area contributed by atoms with Gasteiger partial charge < -0.3 is 9.94 Å². The van der Waals surface area contributed by atoms with Crippen LogP contribution in [-0.2, 0) is 9.63 Å². The Morgan fingerprint density at radius 1 is 1.26 bits per heavy atom. The van der Waals surface area contributed by atoms with Gasteiger partial charge >= 0.3 is 5.97 Å². The van der Waals surface area contributed by atoms with Crippen LogP contribution in [-0.4, -0.2) is 48.4 Å². The first-order valence-corrected chi connectivity index (χ1v) is 9.09. The number of rotatable bonds is 7. The highest BCUT2D eigenvalue weighted by Gasteiger charge is 2.24. The second kappa shape index (κ2) is 9.28. The van der Waals surface area contributed by atoms with Gasteiger partial charge in [-0.2, -0.15) is 0 Å². The van der Waals surface area contributed by atoms with E-state index in [9.17, 15) is 9.18 Å². The third-order valence-corrected chi connectivity index (χ3v) is 4.74. The molecule has 0 aromatic heterocycles. The van der Waals surface area contributed by atoms with Gasteiger partial charge in [0.15, 0.2) is 0 Å². The number of nitrogens with zero attached hydrogens (tertiary/aromatic N) is 2. The zero-order valence-corrected chi connectivity index (χ0v) is 15.1. The summed E-state index contributed by atoms with van der Waals surface area (Å²) >= 11 is 0. The van der Waals surface area contributed by atoms with Crippen LogP contribution in [0.1, 0.15) is 18.4 Å². The number of halogens is 1. The highest BCUT2D eigenvalue weighted by Crippen LogP contribution is 2.23. The number of piperidine rings is 1. The molecule has 1 aliphatic heterocycles. The normalized spacial score (nSPS) is 17.9. The van der Waals surface area contributed by atoms with Crippen molar-refractivity contribution in [3.63, 3.8) is 0 Å². The van der Waals surface area contributed by atoms with Crippen molar-refractivity contribution in [1.82, 2.24) is 4.90 Å². The van der Waals surface area contributed by atoms with Crippen LogP contribution in [0.4, 0.5) is 4.39 Å². The van der Waals surface area contributed by atoms with Gasteiger partial charge in [0.2, 0.25) is 0 Å². The number of oxime groups is 1. The Morgan fingerprint density at radius 3 is 2.81 bits per heavy atom. The molecule has 0 spiro atoms. The second-order valence-electron chi connectivity index (χ2n) is 6.64. The number of hydrogen-bond donors (Lipinski definition) is 1. The lowest BCUT2D eigenvalue weighted by atomic mass is 9.98. The molecule has 1 fully saturated rings. The molecular weight excluding hydrogens is 347 g/mol. The smallest absolute Gasteiger partial charge is 0.307 e. The largest absolute Gasteiger partial charge is 0.481 e. The van der Waals surface area contributed by atoms with Crippen LogP contribution in [0.3, 0.4) is 0 Å². The van der Waals surface area contributed by atoms with Gasteiger partial charge in [0, 0.05) is 18.7 Å². The number of carboxylic acids is 1. The van der Waals surface area contributed by atoms with Gasteiger partial charge in [-0.25, -0.2) is 4.39 Å². The maximum Gasteiger partial charge on any atom is 0.307 e. The summed E-state index contributed by atoms with van der Waals surface area (Å²) in [5, 5.41) is 13.2. The number of carboxylic acid groups (broad SMARTS) is 1. The second-order valence-corrected chi connectivity index (χ2v) is 6.64. The Labute approximate surface area is 158 Å². The standard InChI is InChI=1S/C21H23FN2O3/c22-19-9-7-16(8-10-19)20-6-2-1-4-17(20)14-23-27-13-12-24-11-3-5-18(15-24)21(25)26/h1-2,4,6-10,14,18H,3,5,11-13,15H2,(H,25,26)/b23-14+. The lowest BCUT2D eigenvalue weighted by molar-refractivity contribution is -0.143. The van der Waals surface area contributed by atoms with Gasteiger partial charge in [0.05, 0.1) is 12.1 Å². The average Bonchev–Trinajstić information content (AvgIpc) is 2.69. The third kappa shape index (κ3) is 5.37. The van der Waals surface area contributed by atoms with E-state index < -0.39 is 5.97 Å². The third-order valence-electron chi connectivity index (χ3n) is 4.74. The molecule has 6 heteroatoms. The van der Waals surface area contributed by atoms with E-state index in [1.165, 1.54) is 12.1 Å². The maximum atomic E-state index is 13.1. The van der Waals surface area contributed by atoms with Gasteiger partial charge in [0.25, 0.3) is 0 Å². The SMILES string of the molecule is O=C(O)C1CCCN(CCO/N=C/c2ccccc2-c2ccc(F)cc2)C1. The van der Waals surface area contributed by atoms with Crippen molar-refractivity contribution in [2.24, 2.45) is 11.1 Å². The van der Waals surface area contributed by atoms with E-state index in [1.807, 2.05) is 24.3 Å². The molecule has 0 saturated carbocycles. The molecule has 5 nitrogen and oxygen atoms in total. The van der Waals surface area contributed by atoms with Crippen molar-refractivity contribution in [1.29, 1.82) is 0 Å². The van der Waals surface area contributed by atoms with Gasteiger partial charge in [0.1, 0.15) is 12.4 Å². The average molecular weight is 370 g/mol. The zero-order valence-electron chi connectivity index (χ0n) is 15.1. The lowest BCUT2D eigenvalue weighted by Crippen LogP contribution is -2.40. The van der Waals surface area contributed by atoms with Crippen LogP contribution in [0.5, 0.6) is 0 Å². The number of aliphatic carboxylic acids is 1. The van der Waals surface area contributed by atoms with Crippen LogP contribution >= 0.6 is 0 Å². The number of hydrogen-bond acceptors (Lipinski definition) is 4. The molecule has 1 aliphatic rings. The van der Waals surface area contributed by atoms with Gasteiger partial charge in [-0.3, -0.25) is 9.69 Å². The molecule has 2 aromatic rings. The molecule has 1 atom stereocenters. The van der Waals surface area contributed by atoms with Crippen molar-refractivity contribution in [2.75, 3.05) is 26.2 Å². The van der Waals surface area contributed by atoms with Crippen molar-refractivity contribution < 1.29 is 19.1 Å². The molecule has 0 amide bonds. The predicted molar refractivity (Wildman–Crippen MR) is 102 cm³/mol. The first kappa shape index (κ1) is 19.0. The van der Waals surface area contributed by atoms with Crippen LogP contribution < -0.4 is 0 Å². The number of likely N-dealkylation sites (tertiary alicyclic amines) is 1. The number of carbonyl (C=O) groups is 1. The molecule has 1 heterocycles. The Bertz CT molecular complexity index is 792. The zero-order chi connectivity index (χ0) is 19.1. The summed E-state index contributed by atoms with van der Waals surface area (Å²) in [6.07, 6.45) is 3.28. The molecule has 3 rings (SSSR count). The van der Waals surface area contributed by atoms with Crippen molar-refractivity contribution in [3.8, 4) is 11.1 Å². The van der Waals surface area contributed by atoms with Crippen LogP contribution in [0.2, 0.25) is 0 Å². The maximum absolute atomic E-state index is 13.1. The van der Waals surface area contributed by atoms with E-state index in [4.69, 9.17) is 9.94 Å². The molecule has 1 N–H and O–H groups in total. The minimum Gasteiger partial charge on any atom is -0.481 e. The summed E-state index contributed by atoms with van der Waals surface area (Å²) in [4.78, 5) is 18.6. The molecule has 1 unspecified atom stereocenters. The molecular formula is C21H23FN2O3. The van der Waals surface area contributed by atoms with E-state index in [0.29, 0.717) is 19.7 Å². The minimum atomic E-state index is -0.726. The first-order chi connectivity index (χ1) is 13.1. The minimum absolute atomic E-state index is 0.268. The molecule has 0 aliphatic carbocycles. The molecule has 27 heavy (non-hydrogen) atoms. The fourth-order valence-electron chi connectivity index (χ4n) is 3.28. The molecule has 2 aromatic carbocycles. The van der Waals surface area contributed by atoms with Gasteiger partial charge in [-0.1, -0.05) is 41.6 Å². The Balaban J connectivity index is 1.53. The topological polar surface area (TPSA) is 62.1 Å².